The van der Waals surface area contributed by atoms with Gasteiger partial charge in [0.15, 0.2) is 5.79 Å². The quantitative estimate of drug-likeness (QED) is 0.540. The molecule has 1 saturated heterocycles. The summed E-state index contributed by atoms with van der Waals surface area (Å²) in [4.78, 5) is 10.2. The maximum Gasteiger partial charge on any atom is 0.305 e. The van der Waals surface area contributed by atoms with E-state index in [-0.39, 0.29) is 19.1 Å². The molecule has 7 heteroatoms. The minimum Gasteiger partial charge on any atom is -0.481 e. The lowest BCUT2D eigenvalue weighted by Crippen LogP contribution is -2.22. The molecule has 0 spiro atoms. The Morgan fingerprint density at radius 3 is 2.19 bits per heavy atom. The van der Waals surface area contributed by atoms with Crippen LogP contribution < -0.4 is 0 Å². The van der Waals surface area contributed by atoms with Crippen molar-refractivity contribution in [1.29, 1.82) is 0 Å². The largest absolute Gasteiger partial charge is 0.481 e. The Morgan fingerprint density at radius 1 is 1.10 bits per heavy atom. The third kappa shape index (κ3) is 9.76. The molecule has 1 unspecified atom stereocenters. The molecule has 0 saturated carbocycles. The van der Waals surface area contributed by atoms with Crippen molar-refractivity contribution in [1.82, 2.24) is 0 Å². The molecule has 0 aromatic carbocycles. The SMILES string of the molecule is CC1(C)OCC(CCOCCOCCOCCC(=O)O)O1. The summed E-state index contributed by atoms with van der Waals surface area (Å²) in [6.07, 6.45) is 0.928. The molecule has 1 N–H and O–H groups in total. The van der Waals surface area contributed by atoms with Gasteiger partial charge in [-0.15, -0.1) is 0 Å². The van der Waals surface area contributed by atoms with Crippen LogP contribution in [-0.2, 0) is 28.5 Å². The lowest BCUT2D eigenvalue weighted by Gasteiger charge is -2.17. The standard InChI is InChI=1S/C14H26O7/c1-14(2)20-11-12(21-14)3-5-17-7-9-19-10-8-18-6-4-13(15)16/h12H,3-11H2,1-2H3,(H,15,16). The summed E-state index contributed by atoms with van der Waals surface area (Å²) in [5, 5.41) is 8.40. The smallest absolute Gasteiger partial charge is 0.305 e. The van der Waals surface area contributed by atoms with Crippen molar-refractivity contribution < 1.29 is 33.6 Å². The molecule has 7 nitrogen and oxygen atoms in total. The number of aliphatic carboxylic acids is 1. The van der Waals surface area contributed by atoms with E-state index in [2.05, 4.69) is 0 Å². The van der Waals surface area contributed by atoms with E-state index < -0.39 is 11.8 Å². The zero-order chi connectivity index (χ0) is 15.6. The highest BCUT2D eigenvalue weighted by Crippen LogP contribution is 2.23. The summed E-state index contributed by atoms with van der Waals surface area (Å²) in [7, 11) is 0. The van der Waals surface area contributed by atoms with Crippen LogP contribution >= 0.6 is 0 Å². The van der Waals surface area contributed by atoms with Crippen molar-refractivity contribution >= 4 is 5.97 Å². The van der Waals surface area contributed by atoms with Gasteiger partial charge >= 0.3 is 5.97 Å². The molecule has 0 radical (unpaired) electrons. The summed E-state index contributed by atoms with van der Waals surface area (Å²) < 4.78 is 26.9. The second-order valence-corrected chi connectivity index (χ2v) is 5.22. The Morgan fingerprint density at radius 2 is 1.67 bits per heavy atom. The fraction of sp³-hybridized carbons (Fsp3) is 0.929. The van der Waals surface area contributed by atoms with Crippen LogP contribution in [0.15, 0.2) is 0 Å². The highest BCUT2D eigenvalue weighted by atomic mass is 16.7. The topological polar surface area (TPSA) is 83.5 Å². The molecule has 0 aromatic heterocycles. The average molecular weight is 306 g/mol. The first-order valence-electron chi connectivity index (χ1n) is 7.26. The third-order valence-corrected chi connectivity index (χ3v) is 2.86. The predicted molar refractivity (Wildman–Crippen MR) is 74.2 cm³/mol. The average Bonchev–Trinajstić information content (AvgIpc) is 2.75. The Bertz CT molecular complexity index is 293. The van der Waals surface area contributed by atoms with Crippen LogP contribution in [-0.4, -0.2) is 69.2 Å². The minimum atomic E-state index is -0.857. The summed E-state index contributed by atoms with van der Waals surface area (Å²) in [5.41, 5.74) is 0. The van der Waals surface area contributed by atoms with Gasteiger partial charge < -0.3 is 28.8 Å². The van der Waals surface area contributed by atoms with Gasteiger partial charge in [0.2, 0.25) is 0 Å². The molecule has 1 fully saturated rings. The predicted octanol–water partition coefficient (Wildman–Crippen LogP) is 1.05. The van der Waals surface area contributed by atoms with Gasteiger partial charge in [-0.3, -0.25) is 4.79 Å². The van der Waals surface area contributed by atoms with Crippen LogP contribution in [0.25, 0.3) is 0 Å². The Labute approximate surface area is 125 Å². The van der Waals surface area contributed by atoms with E-state index in [0.29, 0.717) is 39.6 Å². The fourth-order valence-corrected chi connectivity index (χ4v) is 1.82. The second kappa shape index (κ2) is 10.1. The zero-order valence-corrected chi connectivity index (χ0v) is 12.8. The van der Waals surface area contributed by atoms with E-state index in [9.17, 15) is 4.79 Å². The van der Waals surface area contributed by atoms with Crippen molar-refractivity contribution in [2.75, 3.05) is 46.2 Å². The van der Waals surface area contributed by atoms with Gasteiger partial charge in [0.1, 0.15) is 0 Å². The number of hydrogen-bond acceptors (Lipinski definition) is 6. The van der Waals surface area contributed by atoms with E-state index in [1.165, 1.54) is 0 Å². The molecule has 21 heavy (non-hydrogen) atoms. The Hall–Kier alpha value is -0.730. The van der Waals surface area contributed by atoms with Crippen molar-refractivity contribution in [3.05, 3.63) is 0 Å². The molecule has 124 valence electrons. The Kier molecular flexibility index (Phi) is 8.79. The van der Waals surface area contributed by atoms with Crippen molar-refractivity contribution in [2.24, 2.45) is 0 Å². The second-order valence-electron chi connectivity index (χ2n) is 5.22. The third-order valence-electron chi connectivity index (χ3n) is 2.86. The van der Waals surface area contributed by atoms with Crippen LogP contribution in [0, 0.1) is 0 Å². The molecule has 0 amide bonds. The Balaban J connectivity index is 1.78. The molecular formula is C14H26O7. The number of rotatable bonds is 12. The van der Waals surface area contributed by atoms with Gasteiger partial charge in [0, 0.05) is 6.61 Å². The summed E-state index contributed by atoms with van der Waals surface area (Å²) in [5.74, 6) is -1.33. The minimum absolute atomic E-state index is 0.0207. The lowest BCUT2D eigenvalue weighted by molar-refractivity contribution is -0.140. The van der Waals surface area contributed by atoms with Crippen LogP contribution in [0.5, 0.6) is 0 Å². The van der Waals surface area contributed by atoms with E-state index in [1.54, 1.807) is 0 Å². The van der Waals surface area contributed by atoms with E-state index in [4.69, 9.17) is 28.8 Å². The van der Waals surface area contributed by atoms with Gasteiger partial charge in [-0.1, -0.05) is 0 Å². The van der Waals surface area contributed by atoms with Gasteiger partial charge in [-0.05, 0) is 20.3 Å². The first kappa shape index (κ1) is 18.3. The van der Waals surface area contributed by atoms with Crippen LogP contribution in [0.3, 0.4) is 0 Å². The van der Waals surface area contributed by atoms with Crippen molar-refractivity contribution in [3.8, 4) is 0 Å². The van der Waals surface area contributed by atoms with Gasteiger partial charge in [0.25, 0.3) is 0 Å². The molecule has 0 aliphatic carbocycles. The molecule has 1 atom stereocenters. The number of carboxylic acids is 1. The normalized spacial score (nSPS) is 20.8. The number of ether oxygens (including phenoxy) is 5. The van der Waals surface area contributed by atoms with Gasteiger partial charge in [-0.25, -0.2) is 0 Å². The molecule has 1 rings (SSSR count). The van der Waals surface area contributed by atoms with E-state index in [1.807, 2.05) is 13.8 Å². The highest BCUT2D eigenvalue weighted by molar-refractivity contribution is 5.66. The first-order chi connectivity index (χ1) is 9.99. The van der Waals surface area contributed by atoms with Gasteiger partial charge in [0.05, 0.1) is 52.2 Å². The van der Waals surface area contributed by atoms with E-state index >= 15 is 0 Å². The van der Waals surface area contributed by atoms with E-state index in [0.717, 1.165) is 6.42 Å². The molecule has 1 heterocycles. The molecule has 1 aliphatic heterocycles. The maximum atomic E-state index is 10.2. The summed E-state index contributed by atoms with van der Waals surface area (Å²) in [6.45, 7) is 7.10. The first-order valence-corrected chi connectivity index (χ1v) is 7.26. The lowest BCUT2D eigenvalue weighted by atomic mass is 10.3. The zero-order valence-electron chi connectivity index (χ0n) is 12.8. The van der Waals surface area contributed by atoms with Gasteiger partial charge in [-0.2, -0.15) is 0 Å². The molecule has 0 bridgehead atoms. The number of carbonyl (C=O) groups is 1. The fourth-order valence-electron chi connectivity index (χ4n) is 1.82. The highest BCUT2D eigenvalue weighted by Gasteiger charge is 2.32. The summed E-state index contributed by atoms with van der Waals surface area (Å²) in [6, 6.07) is 0. The van der Waals surface area contributed by atoms with Crippen LogP contribution in [0.2, 0.25) is 0 Å². The van der Waals surface area contributed by atoms with Crippen LogP contribution in [0.1, 0.15) is 26.7 Å². The van der Waals surface area contributed by atoms with Crippen LogP contribution in [0.4, 0.5) is 0 Å². The number of hydrogen-bond donors (Lipinski definition) is 1. The molecule has 1 aliphatic rings. The van der Waals surface area contributed by atoms with Crippen molar-refractivity contribution in [3.63, 3.8) is 0 Å². The monoisotopic (exact) mass is 306 g/mol. The molecular weight excluding hydrogens is 280 g/mol. The summed E-state index contributed by atoms with van der Waals surface area (Å²) >= 11 is 0. The maximum absolute atomic E-state index is 10.2. The number of carboxylic acid groups (broad SMARTS) is 1. The van der Waals surface area contributed by atoms with Crippen molar-refractivity contribution in [2.45, 2.75) is 38.6 Å². The molecule has 0 aromatic rings.